The molecule has 21 heavy (non-hydrogen) atoms. The SMILES string of the molecule is C[C@@H](Sc1nc(N)nc(N)n1)C(=O)Nc1ccccc1F. The second kappa shape index (κ2) is 6.35. The number of rotatable bonds is 4. The molecule has 0 saturated carbocycles. The van der Waals surface area contributed by atoms with Crippen LogP contribution in [0, 0.1) is 5.82 Å². The van der Waals surface area contributed by atoms with Crippen LogP contribution >= 0.6 is 11.8 Å². The fourth-order valence-corrected chi connectivity index (χ4v) is 2.22. The Morgan fingerprint density at radius 3 is 2.48 bits per heavy atom. The van der Waals surface area contributed by atoms with Crippen LogP contribution < -0.4 is 16.8 Å². The first kappa shape index (κ1) is 15.0. The molecular formula is C12H13FN6OS. The number of halogens is 1. The van der Waals surface area contributed by atoms with Crippen molar-refractivity contribution in [3.05, 3.63) is 30.1 Å². The summed E-state index contributed by atoms with van der Waals surface area (Å²) in [6.45, 7) is 1.64. The molecule has 5 N–H and O–H groups in total. The smallest absolute Gasteiger partial charge is 0.237 e. The van der Waals surface area contributed by atoms with Gasteiger partial charge >= 0.3 is 0 Å². The summed E-state index contributed by atoms with van der Waals surface area (Å²) in [5.41, 5.74) is 11.0. The lowest BCUT2D eigenvalue weighted by molar-refractivity contribution is -0.115. The predicted molar refractivity (Wildman–Crippen MR) is 79.0 cm³/mol. The maximum Gasteiger partial charge on any atom is 0.237 e. The van der Waals surface area contributed by atoms with Gasteiger partial charge in [0.05, 0.1) is 10.9 Å². The van der Waals surface area contributed by atoms with Crippen LogP contribution in [0.3, 0.4) is 0 Å². The normalized spacial score (nSPS) is 11.9. The maximum atomic E-state index is 13.5. The van der Waals surface area contributed by atoms with E-state index in [1.54, 1.807) is 19.1 Å². The number of hydrogen-bond donors (Lipinski definition) is 3. The van der Waals surface area contributed by atoms with Gasteiger partial charge in [0.2, 0.25) is 17.8 Å². The van der Waals surface area contributed by atoms with Crippen LogP contribution in [-0.4, -0.2) is 26.1 Å². The fraction of sp³-hybridized carbons (Fsp3) is 0.167. The molecule has 1 heterocycles. The number of nitrogens with zero attached hydrogens (tertiary/aromatic N) is 3. The molecule has 0 saturated heterocycles. The van der Waals surface area contributed by atoms with Gasteiger partial charge in [-0.2, -0.15) is 15.0 Å². The lowest BCUT2D eigenvalue weighted by atomic mass is 10.3. The Kier molecular flexibility index (Phi) is 4.53. The summed E-state index contributed by atoms with van der Waals surface area (Å²) in [5.74, 6) is -0.933. The monoisotopic (exact) mass is 308 g/mol. The zero-order chi connectivity index (χ0) is 15.4. The van der Waals surface area contributed by atoms with Crippen molar-refractivity contribution in [3.63, 3.8) is 0 Å². The Bertz CT molecular complexity index is 648. The van der Waals surface area contributed by atoms with E-state index in [2.05, 4.69) is 20.3 Å². The van der Waals surface area contributed by atoms with Crippen molar-refractivity contribution in [2.45, 2.75) is 17.3 Å². The average molecular weight is 308 g/mol. The Labute approximate surface area is 124 Å². The molecule has 0 aliphatic carbocycles. The van der Waals surface area contributed by atoms with E-state index >= 15 is 0 Å². The summed E-state index contributed by atoms with van der Waals surface area (Å²) in [6, 6.07) is 5.91. The standard InChI is InChI=1S/C12H13FN6OS/c1-6(21-12-18-10(14)17-11(15)19-12)9(20)16-8-5-3-2-4-7(8)13/h2-6H,1H3,(H,16,20)(H4,14,15,17,18,19)/t6-/m1/s1. The van der Waals surface area contributed by atoms with Gasteiger partial charge in [-0.1, -0.05) is 23.9 Å². The number of para-hydroxylation sites is 1. The minimum Gasteiger partial charge on any atom is -0.368 e. The number of amides is 1. The number of aromatic nitrogens is 3. The van der Waals surface area contributed by atoms with Gasteiger partial charge in [-0.25, -0.2) is 4.39 Å². The van der Waals surface area contributed by atoms with Gasteiger partial charge in [0, 0.05) is 0 Å². The number of anilines is 3. The number of carbonyl (C=O) groups excluding carboxylic acids is 1. The van der Waals surface area contributed by atoms with Crippen LogP contribution in [0.5, 0.6) is 0 Å². The highest BCUT2D eigenvalue weighted by Crippen LogP contribution is 2.22. The van der Waals surface area contributed by atoms with Crippen LogP contribution in [0.15, 0.2) is 29.4 Å². The van der Waals surface area contributed by atoms with Crippen molar-refractivity contribution >= 4 is 35.3 Å². The van der Waals surface area contributed by atoms with Crippen LogP contribution in [0.4, 0.5) is 22.0 Å². The Balaban J connectivity index is 2.04. The zero-order valence-corrected chi connectivity index (χ0v) is 11.9. The van der Waals surface area contributed by atoms with Crippen LogP contribution in [0.2, 0.25) is 0 Å². The van der Waals surface area contributed by atoms with Crippen LogP contribution in [0.1, 0.15) is 6.92 Å². The largest absolute Gasteiger partial charge is 0.368 e. The quantitative estimate of drug-likeness (QED) is 0.728. The van der Waals surface area contributed by atoms with Crippen molar-refractivity contribution in [1.29, 1.82) is 0 Å². The highest BCUT2D eigenvalue weighted by atomic mass is 32.2. The highest BCUT2D eigenvalue weighted by Gasteiger charge is 2.18. The first-order valence-corrected chi connectivity index (χ1v) is 6.82. The summed E-state index contributed by atoms with van der Waals surface area (Å²) in [6.07, 6.45) is 0. The predicted octanol–water partition coefficient (Wildman–Crippen LogP) is 1.29. The maximum absolute atomic E-state index is 13.5. The molecule has 2 rings (SSSR count). The molecule has 110 valence electrons. The van der Waals surface area contributed by atoms with E-state index in [-0.39, 0.29) is 28.6 Å². The van der Waals surface area contributed by atoms with Gasteiger partial charge in [-0.3, -0.25) is 4.79 Å². The third-order valence-corrected chi connectivity index (χ3v) is 3.39. The minimum absolute atomic E-state index is 0.0216. The van der Waals surface area contributed by atoms with Gasteiger partial charge in [0.15, 0.2) is 5.16 Å². The van der Waals surface area contributed by atoms with Gasteiger partial charge in [-0.15, -0.1) is 0 Å². The zero-order valence-electron chi connectivity index (χ0n) is 11.1. The van der Waals surface area contributed by atoms with E-state index in [1.807, 2.05) is 0 Å². The number of thioether (sulfide) groups is 1. The number of nitrogens with two attached hydrogens (primary N) is 2. The lowest BCUT2D eigenvalue weighted by Gasteiger charge is -2.11. The number of nitrogen functional groups attached to an aromatic ring is 2. The summed E-state index contributed by atoms with van der Waals surface area (Å²) >= 11 is 1.05. The van der Waals surface area contributed by atoms with Crippen molar-refractivity contribution in [3.8, 4) is 0 Å². The van der Waals surface area contributed by atoms with Crippen LogP contribution in [-0.2, 0) is 4.79 Å². The second-order valence-corrected chi connectivity index (χ2v) is 5.37. The molecule has 0 aliphatic rings. The molecular weight excluding hydrogens is 295 g/mol. The molecule has 0 fully saturated rings. The average Bonchev–Trinajstić information content (AvgIpc) is 2.40. The van der Waals surface area contributed by atoms with Crippen LogP contribution in [0.25, 0.3) is 0 Å². The van der Waals surface area contributed by atoms with E-state index in [9.17, 15) is 9.18 Å². The van der Waals surface area contributed by atoms with Gasteiger partial charge < -0.3 is 16.8 Å². The highest BCUT2D eigenvalue weighted by molar-refractivity contribution is 8.00. The molecule has 2 aromatic rings. The van der Waals surface area contributed by atoms with E-state index < -0.39 is 11.1 Å². The summed E-state index contributed by atoms with van der Waals surface area (Å²) in [7, 11) is 0. The van der Waals surface area contributed by atoms with E-state index in [1.165, 1.54) is 12.1 Å². The van der Waals surface area contributed by atoms with Crippen molar-refractivity contribution in [2.24, 2.45) is 0 Å². The molecule has 9 heteroatoms. The first-order valence-electron chi connectivity index (χ1n) is 5.95. The van der Waals surface area contributed by atoms with E-state index in [0.717, 1.165) is 11.8 Å². The molecule has 0 bridgehead atoms. The van der Waals surface area contributed by atoms with E-state index in [4.69, 9.17) is 11.5 Å². The number of nitrogens with one attached hydrogen (secondary N) is 1. The second-order valence-electron chi connectivity index (χ2n) is 4.06. The number of benzene rings is 1. The van der Waals surface area contributed by atoms with Crippen molar-refractivity contribution in [2.75, 3.05) is 16.8 Å². The van der Waals surface area contributed by atoms with E-state index in [0.29, 0.717) is 0 Å². The summed E-state index contributed by atoms with van der Waals surface area (Å²) in [5, 5.41) is 2.16. The first-order chi connectivity index (χ1) is 9.95. The number of hydrogen-bond acceptors (Lipinski definition) is 7. The molecule has 1 atom stereocenters. The molecule has 1 amide bonds. The third kappa shape index (κ3) is 4.02. The molecule has 1 aromatic heterocycles. The molecule has 0 radical (unpaired) electrons. The molecule has 0 aliphatic heterocycles. The topological polar surface area (TPSA) is 120 Å². The Morgan fingerprint density at radius 2 is 1.86 bits per heavy atom. The van der Waals surface area contributed by atoms with Crippen molar-refractivity contribution in [1.82, 2.24) is 15.0 Å². The van der Waals surface area contributed by atoms with Crippen molar-refractivity contribution < 1.29 is 9.18 Å². The summed E-state index contributed by atoms with van der Waals surface area (Å²) < 4.78 is 13.5. The molecule has 1 aromatic carbocycles. The van der Waals surface area contributed by atoms with Gasteiger partial charge in [0.1, 0.15) is 5.82 Å². The Hall–Kier alpha value is -2.42. The minimum atomic E-state index is -0.564. The Morgan fingerprint density at radius 1 is 1.24 bits per heavy atom. The fourth-order valence-electron chi connectivity index (χ4n) is 1.45. The molecule has 0 unspecified atom stereocenters. The molecule has 0 spiro atoms. The van der Waals surface area contributed by atoms with Gasteiger partial charge in [0.25, 0.3) is 0 Å². The lowest BCUT2D eigenvalue weighted by Crippen LogP contribution is -2.23. The van der Waals surface area contributed by atoms with Gasteiger partial charge in [-0.05, 0) is 19.1 Å². The third-order valence-electron chi connectivity index (χ3n) is 2.43. The number of carbonyl (C=O) groups is 1. The molecule has 7 nitrogen and oxygen atoms in total. The summed E-state index contributed by atoms with van der Waals surface area (Å²) in [4.78, 5) is 23.4.